The third kappa shape index (κ3) is 6.96. The van der Waals surface area contributed by atoms with E-state index < -0.39 is 11.9 Å². The van der Waals surface area contributed by atoms with Crippen LogP contribution >= 0.6 is 0 Å². The number of aliphatic hydroxyl groups excluding tert-OH is 1. The Bertz CT molecular complexity index is 877. The molecule has 0 saturated heterocycles. The highest BCUT2D eigenvalue weighted by molar-refractivity contribution is 5.72. The van der Waals surface area contributed by atoms with Crippen LogP contribution in [-0.4, -0.2) is 28.0 Å². The van der Waals surface area contributed by atoms with E-state index in [1.807, 2.05) is 62.4 Å². The number of hydrogen-bond acceptors (Lipinski definition) is 5. The zero-order chi connectivity index (χ0) is 22.9. The van der Waals surface area contributed by atoms with Crippen LogP contribution in [0.1, 0.15) is 63.0 Å². The lowest BCUT2D eigenvalue weighted by Crippen LogP contribution is -2.22. The molecule has 0 fully saturated rings. The predicted octanol–water partition coefficient (Wildman–Crippen LogP) is 5.16. The van der Waals surface area contributed by atoms with Gasteiger partial charge in [-0.3, -0.25) is 0 Å². The Morgan fingerprint density at radius 2 is 1.71 bits per heavy atom. The number of methoxy groups -OCH3 is 1. The average molecular weight is 427 g/mol. The minimum absolute atomic E-state index is 0.360. The molecule has 3 N–H and O–H groups in total. The fourth-order valence-electron chi connectivity index (χ4n) is 3.21. The molecular formula is C26H34O5. The van der Waals surface area contributed by atoms with Crippen molar-refractivity contribution in [3.63, 3.8) is 0 Å². The van der Waals surface area contributed by atoms with Gasteiger partial charge in [0.25, 0.3) is 0 Å². The molecule has 2 aromatic carbocycles. The first-order chi connectivity index (χ1) is 14.9. The maximum Gasteiger partial charge on any atom is 0.178 e. The van der Waals surface area contributed by atoms with Crippen LogP contribution < -0.4 is 9.47 Å². The number of benzene rings is 2. The molecule has 0 spiro atoms. The Morgan fingerprint density at radius 3 is 2.26 bits per heavy atom. The molecule has 0 atom stereocenters. The van der Waals surface area contributed by atoms with Gasteiger partial charge in [0, 0.05) is 11.1 Å². The van der Waals surface area contributed by atoms with Crippen molar-refractivity contribution in [2.24, 2.45) is 0 Å². The number of aliphatic hydroxyl groups is 3. The lowest BCUT2D eigenvalue weighted by atomic mass is 9.96. The smallest absolute Gasteiger partial charge is 0.178 e. The number of allylic oxidation sites excluding steroid dienone is 3. The lowest BCUT2D eigenvalue weighted by Gasteiger charge is -2.20. The van der Waals surface area contributed by atoms with Crippen LogP contribution in [-0.2, 0) is 6.61 Å². The molecule has 0 bridgehead atoms. The van der Waals surface area contributed by atoms with Crippen LogP contribution in [0.5, 0.6) is 11.5 Å². The molecule has 0 aromatic heterocycles. The molecule has 0 aliphatic heterocycles. The summed E-state index contributed by atoms with van der Waals surface area (Å²) in [5.41, 5.74) is 2.61. The van der Waals surface area contributed by atoms with Gasteiger partial charge in [0.05, 0.1) is 12.7 Å². The van der Waals surface area contributed by atoms with Crippen LogP contribution in [0.25, 0.3) is 5.57 Å². The van der Waals surface area contributed by atoms with Gasteiger partial charge in [-0.25, -0.2) is 0 Å². The minimum Gasteiger partial charge on any atom is -0.496 e. The summed E-state index contributed by atoms with van der Waals surface area (Å²) in [5.74, 6) is 1.47. The summed E-state index contributed by atoms with van der Waals surface area (Å²) >= 11 is 0. The highest BCUT2D eigenvalue weighted by Gasteiger charge is 2.17. The number of rotatable bonds is 11. The van der Waals surface area contributed by atoms with Gasteiger partial charge in [-0.2, -0.15) is 0 Å². The van der Waals surface area contributed by atoms with Gasteiger partial charge < -0.3 is 24.8 Å². The molecule has 5 nitrogen and oxygen atoms in total. The molecule has 0 unspecified atom stereocenters. The van der Waals surface area contributed by atoms with Crippen molar-refractivity contribution >= 4 is 5.57 Å². The quantitative estimate of drug-likeness (QED) is 0.342. The average Bonchev–Trinajstić information content (AvgIpc) is 2.80. The topological polar surface area (TPSA) is 79.2 Å². The summed E-state index contributed by atoms with van der Waals surface area (Å²) in [4.78, 5) is 0. The van der Waals surface area contributed by atoms with Crippen molar-refractivity contribution in [3.8, 4) is 11.5 Å². The molecular weight excluding hydrogens is 392 g/mol. The third-order valence-electron chi connectivity index (χ3n) is 5.51. The molecule has 2 aromatic rings. The molecule has 0 aliphatic carbocycles. The highest BCUT2D eigenvalue weighted by atomic mass is 16.5. The normalized spacial score (nSPS) is 12.6. The largest absolute Gasteiger partial charge is 0.496 e. The summed E-state index contributed by atoms with van der Waals surface area (Å²) in [5, 5.41) is 28.9. The molecule has 0 saturated carbocycles. The second kappa shape index (κ2) is 11.7. The summed E-state index contributed by atoms with van der Waals surface area (Å²) in [7, 11) is 1.65. The molecule has 0 radical (unpaired) electrons. The summed E-state index contributed by atoms with van der Waals surface area (Å²) in [6.45, 7) is 6.39. The van der Waals surface area contributed by atoms with E-state index in [0.717, 1.165) is 28.9 Å². The van der Waals surface area contributed by atoms with E-state index in [9.17, 15) is 15.3 Å². The molecule has 0 aliphatic rings. The first kappa shape index (κ1) is 24.7. The highest BCUT2D eigenvalue weighted by Crippen LogP contribution is 2.32. The predicted molar refractivity (Wildman–Crippen MR) is 124 cm³/mol. The van der Waals surface area contributed by atoms with Gasteiger partial charge in [0.1, 0.15) is 18.1 Å². The Hall–Kier alpha value is -2.60. The Balaban J connectivity index is 2.21. The maximum atomic E-state index is 10.5. The SMILES string of the molecule is CCC(=CC=CC(O)(CC)CC)c1cc(OCc2ccc(C(O)O)cc2)ccc1OC. The number of ether oxygens (including phenoxy) is 2. The molecule has 168 valence electrons. The fourth-order valence-corrected chi connectivity index (χ4v) is 3.21. The Kier molecular flexibility index (Phi) is 9.31. The molecule has 31 heavy (non-hydrogen) atoms. The zero-order valence-corrected chi connectivity index (χ0v) is 18.8. The van der Waals surface area contributed by atoms with Crippen LogP contribution in [0.2, 0.25) is 0 Å². The zero-order valence-electron chi connectivity index (χ0n) is 18.8. The molecule has 2 rings (SSSR count). The van der Waals surface area contributed by atoms with Gasteiger partial charge in [-0.05, 0) is 48.6 Å². The third-order valence-corrected chi connectivity index (χ3v) is 5.51. The van der Waals surface area contributed by atoms with Gasteiger partial charge in [0.15, 0.2) is 6.29 Å². The van der Waals surface area contributed by atoms with Crippen molar-refractivity contribution in [1.29, 1.82) is 0 Å². The van der Waals surface area contributed by atoms with Gasteiger partial charge in [0.2, 0.25) is 0 Å². The van der Waals surface area contributed by atoms with E-state index in [4.69, 9.17) is 9.47 Å². The van der Waals surface area contributed by atoms with E-state index >= 15 is 0 Å². The van der Waals surface area contributed by atoms with E-state index in [1.165, 1.54) is 0 Å². The first-order valence-corrected chi connectivity index (χ1v) is 10.7. The number of hydrogen-bond donors (Lipinski definition) is 3. The van der Waals surface area contributed by atoms with Crippen LogP contribution in [0.3, 0.4) is 0 Å². The van der Waals surface area contributed by atoms with E-state index in [0.29, 0.717) is 30.8 Å². The Labute approximate surface area is 185 Å². The standard InChI is InChI=1S/C26H34O5/c1-5-20(9-8-16-26(29,6-2)7-3)23-17-22(14-15-24(23)30-4)31-18-19-10-12-21(13-11-19)25(27)28/h8-17,25,27-29H,5-7,18H2,1-4H3. The lowest BCUT2D eigenvalue weighted by molar-refractivity contribution is -0.0425. The van der Waals surface area contributed by atoms with E-state index in [2.05, 4.69) is 6.92 Å². The van der Waals surface area contributed by atoms with Crippen molar-refractivity contribution in [2.45, 2.75) is 58.5 Å². The van der Waals surface area contributed by atoms with Crippen LogP contribution in [0, 0.1) is 0 Å². The van der Waals surface area contributed by atoms with Crippen LogP contribution in [0.15, 0.2) is 60.7 Å². The van der Waals surface area contributed by atoms with Crippen molar-refractivity contribution < 1.29 is 24.8 Å². The second-order valence-electron chi connectivity index (χ2n) is 7.48. The monoisotopic (exact) mass is 426 g/mol. The summed E-state index contributed by atoms with van der Waals surface area (Å²) in [6, 6.07) is 12.7. The summed E-state index contributed by atoms with van der Waals surface area (Å²) < 4.78 is 11.5. The van der Waals surface area contributed by atoms with Gasteiger partial charge in [-0.1, -0.05) is 63.3 Å². The van der Waals surface area contributed by atoms with Crippen molar-refractivity contribution in [3.05, 3.63) is 77.4 Å². The minimum atomic E-state index is -1.47. The van der Waals surface area contributed by atoms with Gasteiger partial charge in [-0.15, -0.1) is 0 Å². The Morgan fingerprint density at radius 1 is 1.03 bits per heavy atom. The van der Waals surface area contributed by atoms with Crippen molar-refractivity contribution in [1.82, 2.24) is 0 Å². The fraction of sp³-hybridized carbons (Fsp3) is 0.385. The second-order valence-corrected chi connectivity index (χ2v) is 7.48. The molecule has 5 heteroatoms. The van der Waals surface area contributed by atoms with Crippen LogP contribution in [0.4, 0.5) is 0 Å². The maximum absolute atomic E-state index is 10.5. The molecule has 0 heterocycles. The van der Waals surface area contributed by atoms with Gasteiger partial charge >= 0.3 is 0 Å². The summed E-state index contributed by atoms with van der Waals surface area (Å²) in [6.07, 6.45) is 6.43. The molecule has 0 amide bonds. The van der Waals surface area contributed by atoms with E-state index in [-0.39, 0.29) is 0 Å². The van der Waals surface area contributed by atoms with E-state index in [1.54, 1.807) is 19.2 Å². The van der Waals surface area contributed by atoms with Crippen molar-refractivity contribution in [2.75, 3.05) is 7.11 Å². The first-order valence-electron chi connectivity index (χ1n) is 10.7.